The molecule has 20 heavy (non-hydrogen) atoms. The van der Waals surface area contributed by atoms with Crippen LogP contribution in [0.5, 0.6) is 5.75 Å². The first-order valence-electron chi connectivity index (χ1n) is 6.18. The number of carbonyl (C=O) groups excluding carboxylic acids is 1. The molecule has 6 heteroatoms. The number of benzene rings is 1. The minimum absolute atomic E-state index is 0.0307. The van der Waals surface area contributed by atoms with E-state index in [1.165, 1.54) is 24.3 Å². The van der Waals surface area contributed by atoms with Crippen LogP contribution in [-0.4, -0.2) is 12.1 Å². The van der Waals surface area contributed by atoms with E-state index < -0.39 is 6.36 Å². The van der Waals surface area contributed by atoms with Crippen molar-refractivity contribution in [2.75, 3.05) is 5.32 Å². The summed E-state index contributed by atoms with van der Waals surface area (Å²) in [7, 11) is 0. The second-order valence-electron chi connectivity index (χ2n) is 4.71. The van der Waals surface area contributed by atoms with Gasteiger partial charge in [-0.25, -0.2) is 0 Å². The van der Waals surface area contributed by atoms with E-state index in [0.29, 0.717) is 18.5 Å². The number of nitrogens with one attached hydrogen (secondary N) is 1. The number of hydrogen-bond donors (Lipinski definition) is 1. The molecule has 0 amide bonds. The molecule has 0 fully saturated rings. The summed E-state index contributed by atoms with van der Waals surface area (Å²) in [6.07, 6.45) is -1.76. The van der Waals surface area contributed by atoms with E-state index in [2.05, 4.69) is 10.1 Å². The molecule has 1 N–H and O–H groups in total. The van der Waals surface area contributed by atoms with Crippen molar-refractivity contribution in [3.8, 4) is 5.75 Å². The van der Waals surface area contributed by atoms with Crippen LogP contribution < -0.4 is 10.1 Å². The standard InChI is InChI=1S/C14H14F3NO2/c1-9-2-3-11(8-13(9)19)18-10-4-6-12(7-5-10)20-14(15,16)17/h3-7,9,18H,2,8H2,1H3. The lowest BCUT2D eigenvalue weighted by molar-refractivity contribution is -0.274. The van der Waals surface area contributed by atoms with Crippen molar-refractivity contribution >= 4 is 11.5 Å². The number of anilines is 1. The van der Waals surface area contributed by atoms with E-state index in [9.17, 15) is 18.0 Å². The fourth-order valence-corrected chi connectivity index (χ4v) is 1.91. The first-order chi connectivity index (χ1) is 9.33. The first kappa shape index (κ1) is 14.4. The van der Waals surface area contributed by atoms with Crippen LogP contribution in [0.1, 0.15) is 19.8 Å². The number of allylic oxidation sites excluding steroid dienone is 2. The van der Waals surface area contributed by atoms with Crippen LogP contribution in [0.2, 0.25) is 0 Å². The zero-order valence-corrected chi connectivity index (χ0v) is 10.8. The van der Waals surface area contributed by atoms with Crippen molar-refractivity contribution in [2.45, 2.75) is 26.1 Å². The molecule has 1 atom stereocenters. The minimum Gasteiger partial charge on any atom is -0.406 e. The Morgan fingerprint density at radius 1 is 1.25 bits per heavy atom. The van der Waals surface area contributed by atoms with Gasteiger partial charge in [-0.3, -0.25) is 4.79 Å². The number of carbonyl (C=O) groups is 1. The third-order valence-electron chi connectivity index (χ3n) is 3.02. The molecule has 1 unspecified atom stereocenters. The van der Waals surface area contributed by atoms with E-state index in [-0.39, 0.29) is 17.5 Å². The third-order valence-corrected chi connectivity index (χ3v) is 3.02. The maximum absolute atomic E-state index is 12.0. The highest BCUT2D eigenvalue weighted by Gasteiger charge is 2.31. The Morgan fingerprint density at radius 2 is 1.90 bits per heavy atom. The van der Waals surface area contributed by atoms with Crippen molar-refractivity contribution in [2.24, 2.45) is 5.92 Å². The number of alkyl halides is 3. The van der Waals surface area contributed by atoms with Crippen LogP contribution in [-0.2, 0) is 4.79 Å². The van der Waals surface area contributed by atoms with Crippen molar-refractivity contribution < 1.29 is 22.7 Å². The fraction of sp³-hybridized carbons (Fsp3) is 0.357. The van der Waals surface area contributed by atoms with Gasteiger partial charge in [0.05, 0.1) is 0 Å². The smallest absolute Gasteiger partial charge is 0.406 e. The molecule has 0 radical (unpaired) electrons. The molecule has 0 aromatic heterocycles. The van der Waals surface area contributed by atoms with Gasteiger partial charge in [0.2, 0.25) is 0 Å². The van der Waals surface area contributed by atoms with Crippen LogP contribution >= 0.6 is 0 Å². The quantitative estimate of drug-likeness (QED) is 0.916. The predicted molar refractivity (Wildman–Crippen MR) is 68.2 cm³/mol. The molecule has 1 aromatic carbocycles. The van der Waals surface area contributed by atoms with Crippen molar-refractivity contribution in [1.29, 1.82) is 0 Å². The van der Waals surface area contributed by atoms with Crippen LogP contribution in [0.15, 0.2) is 36.0 Å². The molecule has 1 aliphatic carbocycles. The highest BCUT2D eigenvalue weighted by atomic mass is 19.4. The monoisotopic (exact) mass is 285 g/mol. The molecule has 0 aliphatic heterocycles. The minimum atomic E-state index is -4.69. The average molecular weight is 285 g/mol. The molecule has 3 nitrogen and oxygen atoms in total. The van der Waals surface area contributed by atoms with Gasteiger partial charge in [-0.05, 0) is 30.7 Å². The van der Waals surface area contributed by atoms with Gasteiger partial charge in [-0.1, -0.05) is 13.0 Å². The highest BCUT2D eigenvalue weighted by molar-refractivity contribution is 5.85. The Morgan fingerprint density at radius 3 is 2.45 bits per heavy atom. The van der Waals surface area contributed by atoms with Gasteiger partial charge in [-0.15, -0.1) is 13.2 Å². The SMILES string of the molecule is CC1CC=C(Nc2ccc(OC(F)(F)F)cc2)CC1=O. The lowest BCUT2D eigenvalue weighted by Crippen LogP contribution is -2.19. The molecular weight excluding hydrogens is 271 g/mol. The van der Waals surface area contributed by atoms with Crippen molar-refractivity contribution in [3.63, 3.8) is 0 Å². The van der Waals surface area contributed by atoms with E-state index in [1.807, 2.05) is 13.0 Å². The molecular formula is C14H14F3NO2. The van der Waals surface area contributed by atoms with Crippen LogP contribution in [0.3, 0.4) is 0 Å². The number of ether oxygens (including phenoxy) is 1. The number of ketones is 1. The Labute approximate surface area is 114 Å². The van der Waals surface area contributed by atoms with Crippen molar-refractivity contribution in [3.05, 3.63) is 36.0 Å². The summed E-state index contributed by atoms with van der Waals surface area (Å²) in [6.45, 7) is 1.87. The zero-order valence-electron chi connectivity index (χ0n) is 10.8. The van der Waals surface area contributed by atoms with Gasteiger partial charge in [0.1, 0.15) is 11.5 Å². The summed E-state index contributed by atoms with van der Waals surface area (Å²) in [5, 5.41) is 3.03. The molecule has 1 aromatic rings. The molecule has 0 saturated heterocycles. The first-order valence-corrected chi connectivity index (χ1v) is 6.18. The van der Waals surface area contributed by atoms with Gasteiger partial charge in [0.25, 0.3) is 0 Å². The Hall–Kier alpha value is -1.98. The topological polar surface area (TPSA) is 38.3 Å². The molecule has 108 valence electrons. The highest BCUT2D eigenvalue weighted by Crippen LogP contribution is 2.26. The number of rotatable bonds is 3. The largest absolute Gasteiger partial charge is 0.573 e. The second-order valence-corrected chi connectivity index (χ2v) is 4.71. The molecule has 2 rings (SSSR count). The lowest BCUT2D eigenvalue weighted by atomic mass is 9.93. The van der Waals surface area contributed by atoms with Crippen LogP contribution in [0.25, 0.3) is 0 Å². The average Bonchev–Trinajstić information content (AvgIpc) is 2.35. The summed E-state index contributed by atoms with van der Waals surface area (Å²) in [4.78, 5) is 11.6. The van der Waals surface area contributed by atoms with E-state index in [0.717, 1.165) is 5.70 Å². The molecule has 0 heterocycles. The van der Waals surface area contributed by atoms with Gasteiger partial charge >= 0.3 is 6.36 Å². The van der Waals surface area contributed by atoms with Gasteiger partial charge < -0.3 is 10.1 Å². The van der Waals surface area contributed by atoms with E-state index in [1.54, 1.807) is 0 Å². The van der Waals surface area contributed by atoms with Crippen LogP contribution in [0, 0.1) is 5.92 Å². The summed E-state index contributed by atoms with van der Waals surface area (Å²) in [5.41, 5.74) is 1.39. The molecule has 1 aliphatic rings. The number of halogens is 3. The molecule has 0 saturated carbocycles. The number of hydrogen-bond acceptors (Lipinski definition) is 3. The van der Waals surface area contributed by atoms with Gasteiger partial charge in [-0.2, -0.15) is 0 Å². The normalized spacial score (nSPS) is 19.5. The summed E-state index contributed by atoms with van der Waals surface area (Å²) in [6, 6.07) is 5.40. The van der Waals surface area contributed by atoms with Crippen molar-refractivity contribution in [1.82, 2.24) is 0 Å². The second kappa shape index (κ2) is 5.56. The molecule has 0 bridgehead atoms. The maximum atomic E-state index is 12.0. The van der Waals surface area contributed by atoms with Crippen LogP contribution in [0.4, 0.5) is 18.9 Å². The summed E-state index contributed by atoms with van der Waals surface area (Å²) < 4.78 is 39.8. The molecule has 0 spiro atoms. The third kappa shape index (κ3) is 4.01. The maximum Gasteiger partial charge on any atom is 0.573 e. The van der Waals surface area contributed by atoms with Gasteiger partial charge in [0.15, 0.2) is 0 Å². The predicted octanol–water partition coefficient (Wildman–Crippen LogP) is 3.88. The van der Waals surface area contributed by atoms with E-state index >= 15 is 0 Å². The summed E-state index contributed by atoms with van der Waals surface area (Å²) >= 11 is 0. The summed E-state index contributed by atoms with van der Waals surface area (Å²) in [5.74, 6) is -0.0829. The fourth-order valence-electron chi connectivity index (χ4n) is 1.91. The Balaban J connectivity index is 1.99. The zero-order chi connectivity index (χ0) is 14.8. The number of Topliss-reactive ketones (excluding diaryl/α,β-unsaturated/α-hetero) is 1. The Kier molecular flexibility index (Phi) is 4.01. The lowest BCUT2D eigenvalue weighted by Gasteiger charge is -2.19. The van der Waals surface area contributed by atoms with Gasteiger partial charge in [0, 0.05) is 23.7 Å². The van der Waals surface area contributed by atoms with E-state index in [4.69, 9.17) is 0 Å². The Bertz CT molecular complexity index is 520.